The van der Waals surface area contributed by atoms with E-state index in [1.54, 1.807) is 17.0 Å². The van der Waals surface area contributed by atoms with Gasteiger partial charge in [0, 0.05) is 22.9 Å². The van der Waals surface area contributed by atoms with Gasteiger partial charge in [-0.15, -0.1) is 0 Å². The van der Waals surface area contributed by atoms with Crippen LogP contribution in [0.3, 0.4) is 0 Å². The van der Waals surface area contributed by atoms with Crippen molar-refractivity contribution in [1.82, 2.24) is 9.55 Å². The van der Waals surface area contributed by atoms with Crippen LogP contribution in [0.2, 0.25) is 0 Å². The topological polar surface area (TPSA) is 60.9 Å². The number of nitrogens with two attached hydrogens (primary N) is 1. The molecule has 0 spiro atoms. The summed E-state index contributed by atoms with van der Waals surface area (Å²) in [6, 6.07) is 5.30. The summed E-state index contributed by atoms with van der Waals surface area (Å²) in [5.41, 5.74) is 7.94. The molecule has 0 aliphatic carbocycles. The van der Waals surface area contributed by atoms with Gasteiger partial charge in [-0.2, -0.15) is 0 Å². The first-order valence-electron chi connectivity index (χ1n) is 5.13. The number of aryl methyl sites for hydroxylation is 1. The Balaban J connectivity index is 2.33. The second-order valence-corrected chi connectivity index (χ2v) is 4.76. The maximum absolute atomic E-state index is 11.7. The van der Waals surface area contributed by atoms with Gasteiger partial charge in [0.1, 0.15) is 0 Å². The minimum Gasteiger partial charge on any atom is -0.397 e. The summed E-state index contributed by atoms with van der Waals surface area (Å²) in [4.78, 5) is 16.0. The lowest BCUT2D eigenvalue weighted by molar-refractivity contribution is 0.739. The smallest absolute Gasteiger partial charge is 0.251 e. The van der Waals surface area contributed by atoms with Gasteiger partial charge in [0.2, 0.25) is 0 Å². The highest BCUT2D eigenvalue weighted by Crippen LogP contribution is 2.09. The highest BCUT2D eigenvalue weighted by atomic mass is 79.9. The van der Waals surface area contributed by atoms with E-state index < -0.39 is 0 Å². The molecule has 0 saturated carbocycles. The molecule has 0 aliphatic rings. The zero-order valence-electron chi connectivity index (χ0n) is 9.35. The Bertz CT molecular complexity index is 590. The zero-order valence-corrected chi connectivity index (χ0v) is 10.9. The van der Waals surface area contributed by atoms with Crippen LogP contribution in [0.5, 0.6) is 0 Å². The number of nitrogen functional groups attached to an aromatic ring is 1. The van der Waals surface area contributed by atoms with Gasteiger partial charge in [0.05, 0.1) is 17.9 Å². The number of aromatic nitrogens is 2. The van der Waals surface area contributed by atoms with Gasteiger partial charge in [0.15, 0.2) is 0 Å². The van der Waals surface area contributed by atoms with Gasteiger partial charge in [-0.3, -0.25) is 9.78 Å². The fourth-order valence-electron chi connectivity index (χ4n) is 1.48. The molecule has 17 heavy (non-hydrogen) atoms. The molecule has 0 aliphatic heterocycles. The molecule has 0 bridgehead atoms. The molecule has 2 heterocycles. The van der Waals surface area contributed by atoms with Crippen LogP contribution >= 0.6 is 15.9 Å². The molecule has 0 aromatic carbocycles. The largest absolute Gasteiger partial charge is 0.397 e. The lowest BCUT2D eigenvalue weighted by Crippen LogP contribution is -2.21. The van der Waals surface area contributed by atoms with Crippen LogP contribution in [0.15, 0.2) is 39.9 Å². The zero-order chi connectivity index (χ0) is 12.4. The van der Waals surface area contributed by atoms with E-state index in [9.17, 15) is 4.79 Å². The van der Waals surface area contributed by atoms with E-state index in [1.807, 2.05) is 19.1 Å². The number of rotatable bonds is 2. The van der Waals surface area contributed by atoms with Crippen molar-refractivity contribution in [1.29, 1.82) is 0 Å². The molecular formula is C12H12BrN3O. The number of hydrogen-bond acceptors (Lipinski definition) is 3. The highest BCUT2D eigenvalue weighted by molar-refractivity contribution is 9.10. The van der Waals surface area contributed by atoms with E-state index in [4.69, 9.17) is 5.73 Å². The summed E-state index contributed by atoms with van der Waals surface area (Å²) in [6.45, 7) is 2.25. The monoisotopic (exact) mass is 293 g/mol. The molecule has 4 nitrogen and oxygen atoms in total. The van der Waals surface area contributed by atoms with Crippen LogP contribution in [0.25, 0.3) is 0 Å². The third kappa shape index (κ3) is 2.74. The normalized spacial score (nSPS) is 10.5. The van der Waals surface area contributed by atoms with Crippen molar-refractivity contribution < 1.29 is 0 Å². The molecule has 88 valence electrons. The molecule has 0 fully saturated rings. The maximum atomic E-state index is 11.7. The predicted molar refractivity (Wildman–Crippen MR) is 70.9 cm³/mol. The van der Waals surface area contributed by atoms with E-state index in [2.05, 4.69) is 20.9 Å². The summed E-state index contributed by atoms with van der Waals surface area (Å²) in [5, 5.41) is 0. The van der Waals surface area contributed by atoms with E-state index in [0.29, 0.717) is 12.2 Å². The quantitative estimate of drug-likeness (QED) is 0.921. The first-order valence-corrected chi connectivity index (χ1v) is 5.92. The molecular weight excluding hydrogens is 282 g/mol. The molecule has 0 saturated heterocycles. The van der Waals surface area contributed by atoms with Gasteiger partial charge < -0.3 is 10.3 Å². The minimum atomic E-state index is -0.0681. The molecule has 0 radical (unpaired) electrons. The SMILES string of the molecule is Cc1cc(=O)n(Cc2ccc(Br)cn2)cc1N. The molecule has 2 N–H and O–H groups in total. The Morgan fingerprint density at radius 3 is 2.88 bits per heavy atom. The Hall–Kier alpha value is -1.62. The molecule has 0 amide bonds. The number of anilines is 1. The average Bonchev–Trinajstić information content (AvgIpc) is 2.29. The Morgan fingerprint density at radius 2 is 2.24 bits per heavy atom. The van der Waals surface area contributed by atoms with Crippen LogP contribution in [0.4, 0.5) is 5.69 Å². The van der Waals surface area contributed by atoms with Gasteiger partial charge in [-0.05, 0) is 40.5 Å². The minimum absolute atomic E-state index is 0.0681. The number of nitrogens with zero attached hydrogens (tertiary/aromatic N) is 2. The third-order valence-electron chi connectivity index (χ3n) is 2.49. The first kappa shape index (κ1) is 11.9. The molecule has 2 aromatic heterocycles. The van der Waals surface area contributed by atoms with E-state index in [-0.39, 0.29) is 5.56 Å². The van der Waals surface area contributed by atoms with Gasteiger partial charge >= 0.3 is 0 Å². The Kier molecular flexibility index (Phi) is 3.28. The summed E-state index contributed by atoms with van der Waals surface area (Å²) in [5.74, 6) is 0. The second kappa shape index (κ2) is 4.71. The van der Waals surface area contributed by atoms with Crippen LogP contribution in [0, 0.1) is 6.92 Å². The molecule has 2 rings (SSSR count). The fourth-order valence-corrected chi connectivity index (χ4v) is 1.72. The number of pyridine rings is 2. The van der Waals surface area contributed by atoms with Crippen molar-refractivity contribution in [3.63, 3.8) is 0 Å². The highest BCUT2D eigenvalue weighted by Gasteiger charge is 2.02. The van der Waals surface area contributed by atoms with E-state index in [1.165, 1.54) is 6.07 Å². The Labute approximate surface area is 107 Å². The summed E-state index contributed by atoms with van der Waals surface area (Å²) in [6.07, 6.45) is 3.36. The van der Waals surface area contributed by atoms with Crippen molar-refractivity contribution in [3.8, 4) is 0 Å². The first-order chi connectivity index (χ1) is 8.06. The Morgan fingerprint density at radius 1 is 1.47 bits per heavy atom. The van der Waals surface area contributed by atoms with Gasteiger partial charge in [-0.25, -0.2) is 0 Å². The average molecular weight is 294 g/mol. The fraction of sp³-hybridized carbons (Fsp3) is 0.167. The standard InChI is InChI=1S/C12H12BrN3O/c1-8-4-12(17)16(7-11(8)14)6-10-3-2-9(13)5-15-10/h2-5,7H,6,14H2,1H3. The third-order valence-corrected chi connectivity index (χ3v) is 2.96. The molecule has 0 atom stereocenters. The van der Waals surface area contributed by atoms with Crippen molar-refractivity contribution >= 4 is 21.6 Å². The second-order valence-electron chi connectivity index (χ2n) is 3.85. The van der Waals surface area contributed by atoms with Crippen LogP contribution < -0.4 is 11.3 Å². The molecule has 0 unspecified atom stereocenters. The van der Waals surface area contributed by atoms with Gasteiger partial charge in [-0.1, -0.05) is 0 Å². The number of halogens is 1. The predicted octanol–water partition coefficient (Wildman–Crippen LogP) is 1.94. The van der Waals surface area contributed by atoms with E-state index in [0.717, 1.165) is 15.7 Å². The summed E-state index contributed by atoms with van der Waals surface area (Å²) >= 11 is 3.32. The number of hydrogen-bond donors (Lipinski definition) is 1. The summed E-state index contributed by atoms with van der Waals surface area (Å²) in [7, 11) is 0. The summed E-state index contributed by atoms with van der Waals surface area (Å²) < 4.78 is 2.47. The maximum Gasteiger partial charge on any atom is 0.251 e. The van der Waals surface area contributed by atoms with Crippen LogP contribution in [-0.2, 0) is 6.54 Å². The van der Waals surface area contributed by atoms with Gasteiger partial charge in [0.25, 0.3) is 5.56 Å². The van der Waals surface area contributed by atoms with Crippen molar-refractivity contribution in [2.75, 3.05) is 5.73 Å². The lowest BCUT2D eigenvalue weighted by atomic mass is 10.2. The van der Waals surface area contributed by atoms with Crippen LogP contribution in [0.1, 0.15) is 11.3 Å². The molecule has 5 heteroatoms. The lowest BCUT2D eigenvalue weighted by Gasteiger charge is -2.07. The van der Waals surface area contributed by atoms with Crippen molar-refractivity contribution in [2.24, 2.45) is 0 Å². The molecule has 2 aromatic rings. The van der Waals surface area contributed by atoms with E-state index >= 15 is 0 Å². The van der Waals surface area contributed by atoms with Crippen molar-refractivity contribution in [2.45, 2.75) is 13.5 Å². The van der Waals surface area contributed by atoms with Crippen LogP contribution in [-0.4, -0.2) is 9.55 Å². The van der Waals surface area contributed by atoms with Crippen molar-refractivity contribution in [3.05, 3.63) is 56.7 Å².